The summed E-state index contributed by atoms with van der Waals surface area (Å²) in [5.41, 5.74) is 0. The fraction of sp³-hybridized carbons (Fsp3) is 0.750. The maximum atomic E-state index is 10.7. The molecule has 0 heterocycles. The molecular formula is C8H14N2O2. The number of unbranched alkanes of at least 4 members (excludes halogenated alkanes) is 2. The normalized spacial score (nSPS) is 8.67. The van der Waals surface area contributed by atoms with E-state index in [2.05, 4.69) is 10.1 Å². The maximum Gasteiger partial charge on any atom is 0.407 e. The van der Waals surface area contributed by atoms with Crippen LogP contribution in [0.25, 0.3) is 0 Å². The topological polar surface area (TPSA) is 62.1 Å². The van der Waals surface area contributed by atoms with E-state index >= 15 is 0 Å². The number of hydrogen-bond acceptors (Lipinski definition) is 3. The van der Waals surface area contributed by atoms with E-state index in [0.717, 1.165) is 12.8 Å². The molecule has 4 heteroatoms. The molecule has 1 amide bonds. The average Bonchev–Trinajstić information content (AvgIpc) is 2.05. The number of nitrogens with one attached hydrogen (secondary N) is 1. The maximum absolute atomic E-state index is 10.7. The highest BCUT2D eigenvalue weighted by atomic mass is 16.5. The fourth-order valence-corrected chi connectivity index (χ4v) is 0.702. The molecule has 0 fully saturated rings. The van der Waals surface area contributed by atoms with Crippen LogP contribution in [0.15, 0.2) is 0 Å². The smallest absolute Gasteiger partial charge is 0.407 e. The first-order valence-corrected chi connectivity index (χ1v) is 4.08. The lowest BCUT2D eigenvalue weighted by atomic mass is 10.2. The molecule has 0 saturated carbocycles. The van der Waals surface area contributed by atoms with Crippen molar-refractivity contribution in [2.45, 2.75) is 26.2 Å². The second-order valence-electron chi connectivity index (χ2n) is 2.26. The Kier molecular flexibility index (Phi) is 7.05. The summed E-state index contributed by atoms with van der Waals surface area (Å²) < 4.78 is 4.63. The second kappa shape index (κ2) is 7.86. The van der Waals surface area contributed by atoms with Gasteiger partial charge in [0.05, 0.1) is 12.7 Å². The third-order valence-corrected chi connectivity index (χ3v) is 1.26. The van der Waals surface area contributed by atoms with E-state index in [1.807, 2.05) is 6.07 Å². The van der Waals surface area contributed by atoms with E-state index in [1.54, 1.807) is 6.92 Å². The molecule has 12 heavy (non-hydrogen) atoms. The number of nitrogens with zero attached hydrogens (tertiary/aromatic N) is 1. The summed E-state index contributed by atoms with van der Waals surface area (Å²) in [6, 6.07) is 2.04. The first-order chi connectivity index (χ1) is 5.81. The summed E-state index contributed by atoms with van der Waals surface area (Å²) in [7, 11) is 0. The number of rotatable bonds is 5. The van der Waals surface area contributed by atoms with Gasteiger partial charge in [-0.15, -0.1) is 0 Å². The van der Waals surface area contributed by atoms with Gasteiger partial charge >= 0.3 is 6.09 Å². The van der Waals surface area contributed by atoms with Crippen LogP contribution in [0, 0.1) is 11.3 Å². The van der Waals surface area contributed by atoms with Gasteiger partial charge < -0.3 is 10.1 Å². The highest BCUT2D eigenvalue weighted by Crippen LogP contribution is 1.91. The molecule has 1 N–H and O–H groups in total. The lowest BCUT2D eigenvalue weighted by molar-refractivity contribution is 0.152. The Hall–Kier alpha value is -1.24. The quantitative estimate of drug-likeness (QED) is 0.635. The fourth-order valence-electron chi connectivity index (χ4n) is 0.702. The molecule has 0 aromatic carbocycles. The van der Waals surface area contributed by atoms with Crippen molar-refractivity contribution in [2.24, 2.45) is 0 Å². The van der Waals surface area contributed by atoms with Crippen molar-refractivity contribution >= 4 is 6.09 Å². The predicted octanol–water partition coefficient (Wildman–Crippen LogP) is 1.43. The first-order valence-electron chi connectivity index (χ1n) is 4.08. The van der Waals surface area contributed by atoms with E-state index in [4.69, 9.17) is 5.26 Å². The third kappa shape index (κ3) is 6.87. The summed E-state index contributed by atoms with van der Waals surface area (Å²) in [6.45, 7) is 2.74. The Morgan fingerprint density at radius 3 is 2.92 bits per heavy atom. The van der Waals surface area contributed by atoms with Gasteiger partial charge in [0.2, 0.25) is 0 Å². The van der Waals surface area contributed by atoms with E-state index in [1.165, 1.54) is 0 Å². The highest BCUT2D eigenvalue weighted by Gasteiger charge is 1.97. The summed E-state index contributed by atoms with van der Waals surface area (Å²) in [4.78, 5) is 10.7. The zero-order chi connectivity index (χ0) is 9.23. The zero-order valence-corrected chi connectivity index (χ0v) is 7.30. The van der Waals surface area contributed by atoms with Crippen LogP contribution in [0.1, 0.15) is 26.2 Å². The number of alkyl carbamates (subject to hydrolysis) is 1. The number of hydrogen-bond donors (Lipinski definition) is 1. The van der Waals surface area contributed by atoms with Crippen molar-refractivity contribution in [1.29, 1.82) is 5.26 Å². The molecule has 0 rings (SSSR count). The molecule has 4 nitrogen and oxygen atoms in total. The Balaban J connectivity index is 3.09. The molecule has 0 aliphatic carbocycles. The molecule has 0 aliphatic rings. The minimum Gasteiger partial charge on any atom is -0.450 e. The van der Waals surface area contributed by atoms with Crippen molar-refractivity contribution in [2.75, 3.05) is 13.2 Å². The largest absolute Gasteiger partial charge is 0.450 e. The van der Waals surface area contributed by atoms with Crippen LogP contribution in [-0.2, 0) is 4.74 Å². The number of carbonyl (C=O) groups excluding carboxylic acids is 1. The van der Waals surface area contributed by atoms with E-state index in [-0.39, 0.29) is 6.09 Å². The third-order valence-electron chi connectivity index (χ3n) is 1.26. The molecule has 0 aliphatic heterocycles. The summed E-state index contributed by atoms with van der Waals surface area (Å²) in [5, 5.41) is 10.8. The average molecular weight is 170 g/mol. The SMILES string of the molecule is CCOC(=O)NCCCCC#N. The van der Waals surface area contributed by atoms with Gasteiger partial charge in [-0.05, 0) is 19.8 Å². The van der Waals surface area contributed by atoms with Crippen LogP contribution in [0.3, 0.4) is 0 Å². The summed E-state index contributed by atoms with van der Waals surface area (Å²) >= 11 is 0. The first kappa shape index (κ1) is 10.8. The van der Waals surface area contributed by atoms with Crippen molar-refractivity contribution in [3.05, 3.63) is 0 Å². The highest BCUT2D eigenvalue weighted by molar-refractivity contribution is 5.66. The Morgan fingerprint density at radius 1 is 1.58 bits per heavy atom. The molecule has 0 spiro atoms. The minimum atomic E-state index is -0.380. The number of amides is 1. The van der Waals surface area contributed by atoms with E-state index < -0.39 is 0 Å². The molecular weight excluding hydrogens is 156 g/mol. The van der Waals surface area contributed by atoms with Gasteiger partial charge in [-0.3, -0.25) is 0 Å². The van der Waals surface area contributed by atoms with Crippen molar-refractivity contribution in [3.63, 3.8) is 0 Å². The van der Waals surface area contributed by atoms with E-state index in [0.29, 0.717) is 19.6 Å². The lowest BCUT2D eigenvalue weighted by Gasteiger charge is -2.03. The van der Waals surface area contributed by atoms with Gasteiger partial charge in [0, 0.05) is 13.0 Å². The molecule has 0 atom stereocenters. The van der Waals surface area contributed by atoms with Gasteiger partial charge in [-0.1, -0.05) is 0 Å². The van der Waals surface area contributed by atoms with Crippen molar-refractivity contribution in [1.82, 2.24) is 5.32 Å². The number of nitriles is 1. The van der Waals surface area contributed by atoms with Gasteiger partial charge in [0.25, 0.3) is 0 Å². The molecule has 0 bridgehead atoms. The minimum absolute atomic E-state index is 0.380. The van der Waals surface area contributed by atoms with Crippen LogP contribution >= 0.6 is 0 Å². The van der Waals surface area contributed by atoms with Crippen LogP contribution in [0.4, 0.5) is 4.79 Å². The van der Waals surface area contributed by atoms with Crippen LogP contribution < -0.4 is 5.32 Å². The predicted molar refractivity (Wildman–Crippen MR) is 44.5 cm³/mol. The van der Waals surface area contributed by atoms with E-state index in [9.17, 15) is 4.79 Å². The molecule has 0 aromatic rings. The Labute approximate surface area is 72.5 Å². The monoisotopic (exact) mass is 170 g/mol. The standard InChI is InChI=1S/C8H14N2O2/c1-2-12-8(11)10-7-5-3-4-6-9/h2-5,7H2,1H3,(H,10,11). The number of ether oxygens (including phenoxy) is 1. The van der Waals surface area contributed by atoms with Gasteiger partial charge in [-0.2, -0.15) is 5.26 Å². The number of carbonyl (C=O) groups is 1. The summed E-state index contributed by atoms with van der Waals surface area (Å²) in [5.74, 6) is 0. The molecule has 0 unspecified atom stereocenters. The van der Waals surface area contributed by atoms with Crippen molar-refractivity contribution < 1.29 is 9.53 Å². The van der Waals surface area contributed by atoms with Crippen molar-refractivity contribution in [3.8, 4) is 6.07 Å². The zero-order valence-electron chi connectivity index (χ0n) is 7.30. The molecule has 0 aromatic heterocycles. The molecule has 0 saturated heterocycles. The van der Waals surface area contributed by atoms with Crippen LogP contribution in [-0.4, -0.2) is 19.2 Å². The Morgan fingerprint density at radius 2 is 2.33 bits per heavy atom. The van der Waals surface area contributed by atoms with Gasteiger partial charge in [0.15, 0.2) is 0 Å². The molecule has 0 radical (unpaired) electrons. The Bertz CT molecular complexity index is 163. The van der Waals surface area contributed by atoms with Gasteiger partial charge in [0.1, 0.15) is 0 Å². The molecule has 68 valence electrons. The second-order valence-corrected chi connectivity index (χ2v) is 2.26. The van der Waals surface area contributed by atoms with Crippen LogP contribution in [0.2, 0.25) is 0 Å². The summed E-state index contributed by atoms with van der Waals surface area (Å²) in [6.07, 6.45) is 1.81. The van der Waals surface area contributed by atoms with Crippen LogP contribution in [0.5, 0.6) is 0 Å². The lowest BCUT2D eigenvalue weighted by Crippen LogP contribution is -2.25. The van der Waals surface area contributed by atoms with Gasteiger partial charge in [-0.25, -0.2) is 4.79 Å².